The zero-order chi connectivity index (χ0) is 21.8. The van der Waals surface area contributed by atoms with Crippen LogP contribution in [-0.2, 0) is 19.1 Å². The van der Waals surface area contributed by atoms with Crippen molar-refractivity contribution in [3.05, 3.63) is 63.2 Å². The lowest BCUT2D eigenvalue weighted by molar-refractivity contribution is -0.384. The maximum atomic E-state index is 12.4. The normalized spacial score (nSPS) is 15.7. The molecule has 1 fully saturated rings. The van der Waals surface area contributed by atoms with E-state index in [0.717, 1.165) is 5.56 Å². The predicted molar refractivity (Wildman–Crippen MR) is 109 cm³/mol. The second-order valence-electron chi connectivity index (χ2n) is 6.75. The van der Waals surface area contributed by atoms with Crippen molar-refractivity contribution in [2.75, 3.05) is 23.4 Å². The number of carbonyl (C=O) groups is 3. The molecule has 0 spiro atoms. The number of nitrogens with one attached hydrogen (secondary N) is 1. The summed E-state index contributed by atoms with van der Waals surface area (Å²) in [6, 6.07) is 10.6. The van der Waals surface area contributed by atoms with E-state index >= 15 is 0 Å². The van der Waals surface area contributed by atoms with Gasteiger partial charge in [-0.15, -0.1) is 0 Å². The highest BCUT2D eigenvalue weighted by Crippen LogP contribution is 2.31. The number of hydrogen-bond donors (Lipinski definition) is 1. The summed E-state index contributed by atoms with van der Waals surface area (Å²) < 4.78 is 5.03. The number of nitro benzene ring substituents is 1. The van der Waals surface area contributed by atoms with E-state index in [4.69, 9.17) is 16.3 Å². The highest BCUT2D eigenvalue weighted by Gasteiger charge is 2.37. The van der Waals surface area contributed by atoms with Crippen molar-refractivity contribution in [2.45, 2.75) is 13.3 Å². The molecule has 1 heterocycles. The number of nitro groups is 1. The summed E-state index contributed by atoms with van der Waals surface area (Å²) >= 11 is 6.11. The minimum Gasteiger partial charge on any atom is -0.455 e. The molecule has 2 aromatic rings. The van der Waals surface area contributed by atoms with Crippen LogP contribution in [0.4, 0.5) is 17.1 Å². The molecule has 2 amide bonds. The first-order chi connectivity index (χ1) is 14.3. The summed E-state index contributed by atoms with van der Waals surface area (Å²) in [7, 11) is 0. The molecule has 9 nitrogen and oxygen atoms in total. The number of nitrogens with zero attached hydrogens (tertiary/aromatic N) is 2. The molecule has 1 atom stereocenters. The van der Waals surface area contributed by atoms with Gasteiger partial charge in [0.15, 0.2) is 6.61 Å². The third-order valence-corrected chi connectivity index (χ3v) is 5.08. The van der Waals surface area contributed by atoms with Gasteiger partial charge in [0.25, 0.3) is 11.6 Å². The molecule has 1 N–H and O–H groups in total. The van der Waals surface area contributed by atoms with Crippen LogP contribution in [0.5, 0.6) is 0 Å². The predicted octanol–water partition coefficient (Wildman–Crippen LogP) is 3.09. The van der Waals surface area contributed by atoms with Gasteiger partial charge in [-0.1, -0.05) is 23.7 Å². The molecule has 10 heteroatoms. The minimum atomic E-state index is -0.707. The van der Waals surface area contributed by atoms with Crippen LogP contribution in [0.2, 0.25) is 5.02 Å². The zero-order valence-corrected chi connectivity index (χ0v) is 16.7. The van der Waals surface area contributed by atoms with Gasteiger partial charge in [0.1, 0.15) is 0 Å². The number of halogens is 1. The van der Waals surface area contributed by atoms with E-state index in [1.807, 2.05) is 0 Å². The van der Waals surface area contributed by atoms with E-state index in [-0.39, 0.29) is 30.2 Å². The molecule has 30 heavy (non-hydrogen) atoms. The molecular formula is C20H18ClN3O6. The van der Waals surface area contributed by atoms with Gasteiger partial charge >= 0.3 is 5.97 Å². The van der Waals surface area contributed by atoms with Crippen LogP contribution in [0.15, 0.2) is 42.5 Å². The second-order valence-corrected chi connectivity index (χ2v) is 7.16. The molecule has 1 aliphatic heterocycles. The number of non-ortho nitro benzene ring substituents is 1. The Kier molecular flexibility index (Phi) is 6.31. The quantitative estimate of drug-likeness (QED) is 0.426. The van der Waals surface area contributed by atoms with Crippen molar-refractivity contribution in [3.63, 3.8) is 0 Å². The smallest absolute Gasteiger partial charge is 0.311 e. The average Bonchev–Trinajstić information content (AvgIpc) is 3.10. The van der Waals surface area contributed by atoms with E-state index in [1.165, 1.54) is 29.2 Å². The molecule has 0 unspecified atom stereocenters. The third kappa shape index (κ3) is 4.74. The lowest BCUT2D eigenvalue weighted by atomic mass is 10.1. The molecule has 1 saturated heterocycles. The number of rotatable bonds is 6. The van der Waals surface area contributed by atoms with Crippen molar-refractivity contribution >= 4 is 46.4 Å². The maximum absolute atomic E-state index is 12.4. The Morgan fingerprint density at radius 2 is 2.03 bits per heavy atom. The average molecular weight is 432 g/mol. The Bertz CT molecular complexity index is 1030. The monoisotopic (exact) mass is 431 g/mol. The summed E-state index contributed by atoms with van der Waals surface area (Å²) in [6.45, 7) is 1.35. The number of ether oxygens (including phenoxy) is 1. The molecule has 2 aromatic carbocycles. The minimum absolute atomic E-state index is 0.0305. The Balaban J connectivity index is 1.56. The van der Waals surface area contributed by atoms with Gasteiger partial charge in [-0.05, 0) is 30.7 Å². The fourth-order valence-corrected chi connectivity index (χ4v) is 3.31. The fourth-order valence-electron chi connectivity index (χ4n) is 3.14. The Labute approximate surface area is 176 Å². The summed E-state index contributed by atoms with van der Waals surface area (Å²) in [5, 5.41) is 13.7. The molecule has 0 radical (unpaired) electrons. The lowest BCUT2D eigenvalue weighted by Gasteiger charge is -2.19. The standard InChI is InChI=1S/C20H18ClN3O6/c1-12-16(21)6-3-7-17(12)23-10-13(8-19(23)26)20(27)30-11-18(25)22-14-4-2-5-15(9-14)24(28)29/h2-7,9,13H,8,10-11H2,1H3,(H,22,25)/t13-/m1/s1. The Morgan fingerprint density at radius 1 is 1.30 bits per heavy atom. The van der Waals surface area contributed by atoms with Crippen LogP contribution >= 0.6 is 11.6 Å². The highest BCUT2D eigenvalue weighted by molar-refractivity contribution is 6.31. The number of carbonyl (C=O) groups excluding carboxylic acids is 3. The van der Waals surface area contributed by atoms with E-state index in [2.05, 4.69) is 5.32 Å². The van der Waals surface area contributed by atoms with Crippen molar-refractivity contribution < 1.29 is 24.0 Å². The molecule has 0 saturated carbocycles. The maximum Gasteiger partial charge on any atom is 0.311 e. The molecular weight excluding hydrogens is 414 g/mol. The topological polar surface area (TPSA) is 119 Å². The van der Waals surface area contributed by atoms with Crippen molar-refractivity contribution in [1.82, 2.24) is 0 Å². The zero-order valence-electron chi connectivity index (χ0n) is 16.0. The first kappa shape index (κ1) is 21.3. The highest BCUT2D eigenvalue weighted by atomic mass is 35.5. The fraction of sp³-hybridized carbons (Fsp3) is 0.250. The molecule has 1 aliphatic rings. The molecule has 156 valence electrons. The van der Waals surface area contributed by atoms with E-state index < -0.39 is 29.3 Å². The van der Waals surface area contributed by atoms with Crippen molar-refractivity contribution in [1.29, 1.82) is 0 Å². The number of hydrogen-bond acceptors (Lipinski definition) is 6. The Hall–Kier alpha value is -3.46. The van der Waals surface area contributed by atoms with Gasteiger partial charge in [0.2, 0.25) is 5.91 Å². The number of benzene rings is 2. The summed E-state index contributed by atoms with van der Waals surface area (Å²) in [6.07, 6.45) is -0.0305. The Morgan fingerprint density at radius 3 is 2.77 bits per heavy atom. The largest absolute Gasteiger partial charge is 0.455 e. The molecule has 0 aliphatic carbocycles. The van der Waals surface area contributed by atoms with E-state index in [9.17, 15) is 24.5 Å². The number of amides is 2. The van der Waals surface area contributed by atoms with Crippen molar-refractivity contribution in [3.8, 4) is 0 Å². The van der Waals surface area contributed by atoms with E-state index in [0.29, 0.717) is 10.7 Å². The molecule has 3 rings (SSSR count). The van der Waals surface area contributed by atoms with Crippen LogP contribution in [0.25, 0.3) is 0 Å². The summed E-state index contributed by atoms with van der Waals surface area (Å²) in [5.74, 6) is -2.25. The summed E-state index contributed by atoms with van der Waals surface area (Å²) in [5.41, 5.74) is 1.40. The van der Waals surface area contributed by atoms with Crippen LogP contribution in [0, 0.1) is 23.0 Å². The van der Waals surface area contributed by atoms with Crippen LogP contribution in [0.1, 0.15) is 12.0 Å². The van der Waals surface area contributed by atoms with Gasteiger partial charge in [-0.3, -0.25) is 24.5 Å². The van der Waals surface area contributed by atoms with Gasteiger partial charge < -0.3 is 15.0 Å². The van der Waals surface area contributed by atoms with Gasteiger partial charge in [0, 0.05) is 41.5 Å². The van der Waals surface area contributed by atoms with E-state index in [1.54, 1.807) is 25.1 Å². The number of esters is 1. The molecule has 0 bridgehead atoms. The lowest BCUT2D eigenvalue weighted by Crippen LogP contribution is -2.28. The van der Waals surface area contributed by atoms with Crippen molar-refractivity contribution in [2.24, 2.45) is 5.92 Å². The first-order valence-corrected chi connectivity index (χ1v) is 9.40. The second kappa shape index (κ2) is 8.91. The summed E-state index contributed by atoms with van der Waals surface area (Å²) in [4.78, 5) is 48.4. The molecule has 0 aromatic heterocycles. The number of anilines is 2. The SMILES string of the molecule is Cc1c(Cl)cccc1N1C[C@H](C(=O)OCC(=O)Nc2cccc([N+](=O)[O-])c2)CC1=O. The van der Waals surface area contributed by atoms with Gasteiger partial charge in [-0.2, -0.15) is 0 Å². The van der Waals surface area contributed by atoms with Gasteiger partial charge in [0.05, 0.1) is 10.8 Å². The van der Waals surface area contributed by atoms with Crippen LogP contribution in [-0.4, -0.2) is 35.9 Å². The van der Waals surface area contributed by atoms with Crippen LogP contribution < -0.4 is 10.2 Å². The van der Waals surface area contributed by atoms with Gasteiger partial charge in [-0.25, -0.2) is 0 Å². The van der Waals surface area contributed by atoms with Crippen LogP contribution in [0.3, 0.4) is 0 Å². The first-order valence-electron chi connectivity index (χ1n) is 9.02. The third-order valence-electron chi connectivity index (χ3n) is 4.67.